The number of ether oxygens (including phenoxy) is 2. The number of hydrogen-bond acceptors (Lipinski definition) is 6. The molecule has 0 radical (unpaired) electrons. The summed E-state index contributed by atoms with van der Waals surface area (Å²) in [4.78, 5) is 25.6. The van der Waals surface area contributed by atoms with Crippen LogP contribution < -0.4 is 4.74 Å². The van der Waals surface area contributed by atoms with Crippen molar-refractivity contribution < 1.29 is 19.2 Å². The quantitative estimate of drug-likeness (QED) is 0.476. The molecule has 0 amide bonds. The Balaban J connectivity index is 2.40. The van der Waals surface area contributed by atoms with Gasteiger partial charge < -0.3 is 9.47 Å². The molecule has 108 valence electrons. The Morgan fingerprint density at radius 1 is 1.24 bits per heavy atom. The number of esters is 1. The second-order valence-electron chi connectivity index (χ2n) is 3.83. The van der Waals surface area contributed by atoms with Crippen molar-refractivity contribution in [1.82, 2.24) is 4.98 Å². The van der Waals surface area contributed by atoms with Crippen molar-refractivity contribution in [3.63, 3.8) is 0 Å². The van der Waals surface area contributed by atoms with Crippen LogP contribution >= 0.6 is 15.9 Å². The van der Waals surface area contributed by atoms with E-state index in [2.05, 4.69) is 25.7 Å². The predicted octanol–water partition coefficient (Wildman–Crippen LogP) is 3.33. The maximum absolute atomic E-state index is 11.4. The summed E-state index contributed by atoms with van der Waals surface area (Å²) in [5, 5.41) is 11.0. The minimum absolute atomic E-state index is 0.0739. The third-order valence-electron chi connectivity index (χ3n) is 2.46. The highest BCUT2D eigenvalue weighted by molar-refractivity contribution is 9.10. The summed E-state index contributed by atoms with van der Waals surface area (Å²) >= 11 is 3.27. The monoisotopic (exact) mass is 352 g/mol. The lowest BCUT2D eigenvalue weighted by atomic mass is 10.3. The van der Waals surface area contributed by atoms with E-state index in [1.807, 2.05) is 0 Å². The molecule has 1 heterocycles. The van der Waals surface area contributed by atoms with Gasteiger partial charge in [0.25, 0.3) is 5.88 Å². The fraction of sp³-hybridized carbons (Fsp3) is 0.0769. The van der Waals surface area contributed by atoms with Crippen LogP contribution in [0.15, 0.2) is 40.9 Å². The molecule has 8 heteroatoms. The van der Waals surface area contributed by atoms with Gasteiger partial charge in [0.2, 0.25) is 0 Å². The molecule has 0 saturated heterocycles. The molecule has 0 aliphatic carbocycles. The number of rotatable bonds is 4. The van der Waals surface area contributed by atoms with Gasteiger partial charge in [-0.15, -0.1) is 0 Å². The highest BCUT2D eigenvalue weighted by atomic mass is 79.9. The van der Waals surface area contributed by atoms with E-state index < -0.39 is 10.9 Å². The lowest BCUT2D eigenvalue weighted by molar-refractivity contribution is -0.386. The van der Waals surface area contributed by atoms with Crippen LogP contribution in [0.2, 0.25) is 0 Å². The van der Waals surface area contributed by atoms with Crippen LogP contribution in [0.5, 0.6) is 11.6 Å². The van der Waals surface area contributed by atoms with Crippen LogP contribution in [0.1, 0.15) is 10.5 Å². The molecule has 0 unspecified atom stereocenters. The van der Waals surface area contributed by atoms with E-state index in [1.54, 1.807) is 24.3 Å². The summed E-state index contributed by atoms with van der Waals surface area (Å²) in [6.07, 6.45) is 0. The molecule has 0 bridgehead atoms. The third-order valence-corrected chi connectivity index (χ3v) is 2.99. The van der Waals surface area contributed by atoms with Crippen molar-refractivity contribution in [1.29, 1.82) is 0 Å². The molecule has 0 fully saturated rings. The first-order chi connectivity index (χ1) is 10.0. The molecule has 7 nitrogen and oxygen atoms in total. The molecular weight excluding hydrogens is 344 g/mol. The van der Waals surface area contributed by atoms with Gasteiger partial charge >= 0.3 is 11.7 Å². The van der Waals surface area contributed by atoms with Crippen LogP contribution in [-0.2, 0) is 4.74 Å². The van der Waals surface area contributed by atoms with Crippen molar-refractivity contribution in [3.05, 3.63) is 56.7 Å². The second kappa shape index (κ2) is 6.31. The fourth-order valence-electron chi connectivity index (χ4n) is 1.48. The number of aromatic nitrogens is 1. The summed E-state index contributed by atoms with van der Waals surface area (Å²) in [6, 6.07) is 9.00. The first-order valence-corrected chi connectivity index (χ1v) is 6.47. The molecule has 1 aromatic heterocycles. The zero-order chi connectivity index (χ0) is 15.4. The Hall–Kier alpha value is -2.48. The number of benzene rings is 1. The lowest BCUT2D eigenvalue weighted by Gasteiger charge is -2.06. The summed E-state index contributed by atoms with van der Waals surface area (Å²) in [6.45, 7) is 0. The molecule has 0 N–H and O–H groups in total. The normalized spacial score (nSPS) is 10.0. The van der Waals surface area contributed by atoms with Gasteiger partial charge in [-0.1, -0.05) is 15.9 Å². The summed E-state index contributed by atoms with van der Waals surface area (Å²) in [7, 11) is 1.20. The molecule has 0 atom stereocenters. The van der Waals surface area contributed by atoms with Gasteiger partial charge in [0.1, 0.15) is 5.75 Å². The van der Waals surface area contributed by atoms with Crippen molar-refractivity contribution in [2.75, 3.05) is 7.11 Å². The van der Waals surface area contributed by atoms with Crippen molar-refractivity contribution in [2.24, 2.45) is 0 Å². The predicted molar refractivity (Wildman–Crippen MR) is 76.4 cm³/mol. The second-order valence-corrected chi connectivity index (χ2v) is 4.74. The first kappa shape index (κ1) is 14.9. The highest BCUT2D eigenvalue weighted by Gasteiger charge is 2.21. The summed E-state index contributed by atoms with van der Waals surface area (Å²) in [5.41, 5.74) is -0.416. The molecule has 0 aliphatic heterocycles. The highest BCUT2D eigenvalue weighted by Crippen LogP contribution is 2.30. The van der Waals surface area contributed by atoms with E-state index >= 15 is 0 Å². The van der Waals surface area contributed by atoms with E-state index in [0.29, 0.717) is 5.75 Å². The number of carbonyl (C=O) groups excluding carboxylic acids is 1. The topological polar surface area (TPSA) is 91.6 Å². The minimum atomic E-state index is -0.703. The third kappa shape index (κ3) is 3.54. The number of carbonyl (C=O) groups is 1. The number of methoxy groups -OCH3 is 1. The van der Waals surface area contributed by atoms with Gasteiger partial charge in [0.15, 0.2) is 5.69 Å². The van der Waals surface area contributed by atoms with E-state index in [9.17, 15) is 14.9 Å². The van der Waals surface area contributed by atoms with Crippen LogP contribution in [0.3, 0.4) is 0 Å². The first-order valence-electron chi connectivity index (χ1n) is 5.68. The Morgan fingerprint density at radius 3 is 2.48 bits per heavy atom. The van der Waals surface area contributed by atoms with Crippen LogP contribution in [0.25, 0.3) is 0 Å². The van der Waals surface area contributed by atoms with Gasteiger partial charge in [0.05, 0.1) is 12.0 Å². The maximum Gasteiger partial charge on any atom is 0.356 e. The Kier molecular flexibility index (Phi) is 4.49. The molecule has 0 spiro atoms. The summed E-state index contributed by atoms with van der Waals surface area (Å²) in [5.74, 6) is -0.619. The number of nitrogens with zero attached hydrogens (tertiary/aromatic N) is 2. The Labute approximate surface area is 127 Å². The average molecular weight is 353 g/mol. The molecule has 2 rings (SSSR count). The number of halogens is 1. The van der Waals surface area contributed by atoms with E-state index in [1.165, 1.54) is 13.2 Å². The van der Waals surface area contributed by atoms with Crippen LogP contribution in [0, 0.1) is 10.1 Å². The molecule has 0 aliphatic rings. The molecule has 0 saturated carbocycles. The fourth-order valence-corrected chi connectivity index (χ4v) is 1.74. The average Bonchev–Trinajstić information content (AvgIpc) is 2.48. The van der Waals surface area contributed by atoms with Gasteiger partial charge in [-0.05, 0) is 30.3 Å². The van der Waals surface area contributed by atoms with Crippen molar-refractivity contribution >= 4 is 27.6 Å². The molecule has 21 heavy (non-hydrogen) atoms. The minimum Gasteiger partial charge on any atom is -0.464 e. The van der Waals surface area contributed by atoms with Crippen LogP contribution in [0.4, 0.5) is 5.69 Å². The molecule has 1 aromatic carbocycles. The van der Waals surface area contributed by atoms with Crippen LogP contribution in [-0.4, -0.2) is 23.0 Å². The largest absolute Gasteiger partial charge is 0.464 e. The summed E-state index contributed by atoms with van der Waals surface area (Å²) < 4.78 is 10.7. The van der Waals surface area contributed by atoms with Gasteiger partial charge in [-0.3, -0.25) is 10.1 Å². The van der Waals surface area contributed by atoms with Gasteiger partial charge in [-0.2, -0.15) is 4.98 Å². The van der Waals surface area contributed by atoms with Crippen molar-refractivity contribution in [3.8, 4) is 11.6 Å². The number of pyridine rings is 1. The maximum atomic E-state index is 11.4. The van der Waals surface area contributed by atoms with Gasteiger partial charge in [-0.25, -0.2) is 4.79 Å². The van der Waals surface area contributed by atoms with E-state index in [4.69, 9.17) is 4.74 Å². The molecular formula is C13H9BrN2O5. The molecule has 2 aromatic rings. The SMILES string of the molecule is COC(=O)c1ccc([N+](=O)[O-])c(Oc2ccc(Br)cc2)n1. The lowest BCUT2D eigenvalue weighted by Crippen LogP contribution is -2.06. The zero-order valence-electron chi connectivity index (χ0n) is 10.8. The number of nitro groups is 1. The van der Waals surface area contributed by atoms with E-state index in [-0.39, 0.29) is 17.3 Å². The smallest absolute Gasteiger partial charge is 0.356 e. The zero-order valence-corrected chi connectivity index (χ0v) is 12.4. The van der Waals surface area contributed by atoms with Gasteiger partial charge in [0, 0.05) is 10.5 Å². The van der Waals surface area contributed by atoms with E-state index in [0.717, 1.165) is 10.5 Å². The standard InChI is InChI=1S/C13H9BrN2O5/c1-20-13(17)10-6-7-11(16(18)19)12(15-10)21-9-4-2-8(14)3-5-9/h2-7H,1H3. The Morgan fingerprint density at radius 2 is 1.90 bits per heavy atom. The van der Waals surface area contributed by atoms with Crippen molar-refractivity contribution in [2.45, 2.75) is 0 Å². The number of hydrogen-bond donors (Lipinski definition) is 0. The Bertz CT molecular complexity index is 687.